The van der Waals surface area contributed by atoms with Crippen LogP contribution in [-0.2, 0) is 23.4 Å². The average molecular weight is 594 g/mol. The molecule has 2 aromatic rings. The lowest BCUT2D eigenvalue weighted by molar-refractivity contribution is -0.149. The number of nitrogens with zero attached hydrogens (tertiary/aromatic N) is 1. The number of ether oxygens (including phenoxy) is 4. The quantitative estimate of drug-likeness (QED) is 0.206. The molecule has 3 N–H and O–H groups in total. The second-order valence-corrected chi connectivity index (χ2v) is 11.2. The number of carbonyl (C=O) groups excluding carboxylic acids is 1. The second-order valence-electron chi connectivity index (χ2n) is 8.90. The van der Waals surface area contributed by atoms with Crippen LogP contribution in [-0.4, -0.2) is 63.5 Å². The summed E-state index contributed by atoms with van der Waals surface area (Å²) in [5.74, 6) is -0.0321. The number of nitrogens with one attached hydrogen (secondary N) is 2. The minimum Gasteiger partial charge on any atom is -0.462 e. The summed E-state index contributed by atoms with van der Waals surface area (Å²) in [6.07, 6.45) is -5.05. The van der Waals surface area contributed by atoms with Gasteiger partial charge in [0.25, 0.3) is 10.7 Å². The number of esters is 1. The first-order valence-corrected chi connectivity index (χ1v) is 13.6. The number of fused-ring (bicyclic) bond motifs is 1. The van der Waals surface area contributed by atoms with Crippen LogP contribution in [0.25, 0.3) is 0 Å². The van der Waals surface area contributed by atoms with Gasteiger partial charge in [0.2, 0.25) is 6.79 Å². The van der Waals surface area contributed by atoms with Crippen LogP contribution in [0, 0.1) is 0 Å². The summed E-state index contributed by atoms with van der Waals surface area (Å²) in [5, 5.41) is 9.90. The van der Waals surface area contributed by atoms with E-state index in [1.54, 1.807) is 13.8 Å². The predicted octanol–water partition coefficient (Wildman–Crippen LogP) is 1.56. The van der Waals surface area contributed by atoms with Gasteiger partial charge in [0, 0.05) is 18.3 Å². The van der Waals surface area contributed by atoms with Gasteiger partial charge < -0.3 is 28.6 Å². The summed E-state index contributed by atoms with van der Waals surface area (Å²) in [7, 11) is -4.47. The molecule has 0 saturated carbocycles. The van der Waals surface area contributed by atoms with Gasteiger partial charge in [-0.05, 0) is 32.9 Å². The number of aromatic amines is 1. The van der Waals surface area contributed by atoms with Crippen molar-refractivity contribution in [1.82, 2.24) is 14.6 Å². The molecule has 214 valence electrons. The van der Waals surface area contributed by atoms with Crippen molar-refractivity contribution in [2.45, 2.75) is 56.5 Å². The highest BCUT2D eigenvalue weighted by molar-refractivity contribution is 7.52. The van der Waals surface area contributed by atoms with Gasteiger partial charge in [0.1, 0.15) is 24.0 Å². The predicted molar refractivity (Wildman–Crippen MR) is 132 cm³/mol. The first-order chi connectivity index (χ1) is 18.3. The van der Waals surface area contributed by atoms with E-state index < -0.39 is 67.3 Å². The Kier molecular flexibility index (Phi) is 8.40. The van der Waals surface area contributed by atoms with E-state index >= 15 is 4.39 Å². The highest BCUT2D eigenvalue weighted by Crippen LogP contribution is 2.49. The van der Waals surface area contributed by atoms with E-state index in [4.69, 9.17) is 39.6 Å². The maximum atomic E-state index is 15.3. The van der Waals surface area contributed by atoms with Crippen LogP contribution < -0.4 is 30.3 Å². The summed E-state index contributed by atoms with van der Waals surface area (Å²) in [6, 6.07) is 4.03. The smallest absolute Gasteiger partial charge is 0.459 e. The molecule has 2 aliphatic rings. The molecule has 14 nitrogen and oxygen atoms in total. The van der Waals surface area contributed by atoms with Crippen molar-refractivity contribution < 1.29 is 46.9 Å². The van der Waals surface area contributed by atoms with Gasteiger partial charge in [-0.3, -0.25) is 23.7 Å². The number of aliphatic hydroxyl groups excluding tert-OH is 1. The maximum Gasteiger partial charge on any atom is 0.459 e. The number of hydrogen-bond acceptors (Lipinski definition) is 11. The monoisotopic (exact) mass is 593 g/mol. The fourth-order valence-corrected chi connectivity index (χ4v) is 5.47. The number of carbonyl (C=O) groups is 1. The van der Waals surface area contributed by atoms with Gasteiger partial charge in [-0.1, -0.05) is 11.6 Å². The number of aliphatic hydroxyl groups is 1. The number of halogens is 2. The van der Waals surface area contributed by atoms with Crippen molar-refractivity contribution in [2.75, 3.05) is 13.4 Å². The molecule has 0 spiro atoms. The summed E-state index contributed by atoms with van der Waals surface area (Å²) >= 11 is 5.88. The molecule has 1 aromatic carbocycles. The lowest BCUT2D eigenvalue weighted by atomic mass is 10.1. The van der Waals surface area contributed by atoms with Crippen LogP contribution in [0.5, 0.6) is 17.2 Å². The third-order valence-electron chi connectivity index (χ3n) is 5.52. The highest BCUT2D eigenvalue weighted by Gasteiger charge is 2.58. The van der Waals surface area contributed by atoms with E-state index in [-0.39, 0.29) is 12.5 Å². The molecule has 4 rings (SSSR count). The molecular weight excluding hydrogens is 568 g/mol. The topological polar surface area (TPSA) is 177 Å². The van der Waals surface area contributed by atoms with Gasteiger partial charge in [-0.25, -0.2) is 13.8 Å². The standard InChI is InChI=1S/C22H26ClFN3O11P/c1-11(2)36-19(30)12(3)26-39(32,38-13-4-5-14-15(8-13)34-10-33-14)35-9-16-18(29)22(23,24)20(37-16)27-7-6-17(28)25-21(27)31/h4-8,11-12,16,18,20,29H,9-10H2,1-3H3,(H,26,32)(H,25,28,31)/t12-,16+,18+,20+,22+,39?/m0/s1. The zero-order chi connectivity index (χ0) is 28.5. The average Bonchev–Trinajstić information content (AvgIpc) is 3.39. The lowest BCUT2D eigenvalue weighted by Gasteiger charge is -2.25. The molecule has 39 heavy (non-hydrogen) atoms. The van der Waals surface area contributed by atoms with Crippen molar-refractivity contribution in [3.05, 3.63) is 51.3 Å². The molecule has 17 heteroatoms. The Labute approximate surface area is 225 Å². The van der Waals surface area contributed by atoms with Crippen LogP contribution in [0.4, 0.5) is 4.39 Å². The largest absolute Gasteiger partial charge is 0.462 e. The molecule has 1 saturated heterocycles. The fraction of sp³-hybridized carbons (Fsp3) is 0.500. The number of alkyl halides is 2. The van der Waals surface area contributed by atoms with Crippen molar-refractivity contribution in [3.63, 3.8) is 0 Å². The Bertz CT molecular complexity index is 1380. The summed E-state index contributed by atoms with van der Waals surface area (Å²) in [5.41, 5.74) is -1.79. The zero-order valence-electron chi connectivity index (χ0n) is 20.9. The van der Waals surface area contributed by atoms with Crippen LogP contribution in [0.2, 0.25) is 0 Å². The molecule has 6 atom stereocenters. The van der Waals surface area contributed by atoms with E-state index in [2.05, 4.69) is 5.09 Å². The highest BCUT2D eigenvalue weighted by atomic mass is 35.5. The van der Waals surface area contributed by atoms with Crippen LogP contribution in [0.15, 0.2) is 40.1 Å². The lowest BCUT2D eigenvalue weighted by Crippen LogP contribution is -2.42. The summed E-state index contributed by atoms with van der Waals surface area (Å²) < 4.78 is 61.8. The Morgan fingerprint density at radius 3 is 2.72 bits per heavy atom. The van der Waals surface area contributed by atoms with Crippen molar-refractivity contribution in [2.24, 2.45) is 0 Å². The van der Waals surface area contributed by atoms with Crippen LogP contribution in [0.3, 0.4) is 0 Å². The molecule has 1 fully saturated rings. The molecule has 0 aliphatic carbocycles. The molecule has 2 aliphatic heterocycles. The van der Waals surface area contributed by atoms with Crippen LogP contribution >= 0.6 is 19.3 Å². The number of rotatable bonds is 10. The van der Waals surface area contributed by atoms with Gasteiger partial charge in [0.15, 0.2) is 17.7 Å². The third-order valence-corrected chi connectivity index (χ3v) is 7.57. The van der Waals surface area contributed by atoms with E-state index in [9.17, 15) is 24.1 Å². The molecule has 0 amide bonds. The van der Waals surface area contributed by atoms with E-state index in [1.807, 2.05) is 4.98 Å². The molecule has 1 unspecified atom stereocenters. The minimum absolute atomic E-state index is 0.00208. The van der Waals surface area contributed by atoms with Gasteiger partial charge in [-0.2, -0.15) is 5.09 Å². The fourth-order valence-electron chi connectivity index (χ4n) is 3.68. The van der Waals surface area contributed by atoms with Crippen molar-refractivity contribution >= 4 is 25.3 Å². The summed E-state index contributed by atoms with van der Waals surface area (Å²) in [6.45, 7) is 3.82. The Morgan fingerprint density at radius 1 is 1.31 bits per heavy atom. The Hall–Kier alpha value is -2.94. The number of H-pyrrole nitrogens is 1. The SMILES string of the molecule is CC(C)OC(=O)[C@H](C)NP(=O)(OC[C@H]1O[C@@H](n2ccc(=O)[nH]c2=O)[C@@](F)(Cl)[C@@H]1O)Oc1ccc2c(c1)OCO2. The van der Waals surface area contributed by atoms with Crippen molar-refractivity contribution in [1.29, 1.82) is 0 Å². The Morgan fingerprint density at radius 2 is 2.03 bits per heavy atom. The maximum absolute atomic E-state index is 15.3. The van der Waals surface area contributed by atoms with Gasteiger partial charge in [-0.15, -0.1) is 0 Å². The summed E-state index contributed by atoms with van der Waals surface area (Å²) in [4.78, 5) is 37.8. The minimum atomic E-state index is -4.47. The second kappa shape index (κ2) is 11.3. The van der Waals surface area contributed by atoms with E-state index in [1.165, 1.54) is 25.1 Å². The van der Waals surface area contributed by atoms with E-state index in [0.29, 0.717) is 16.1 Å². The van der Waals surface area contributed by atoms with Crippen molar-refractivity contribution in [3.8, 4) is 17.2 Å². The third kappa shape index (κ3) is 6.45. The zero-order valence-corrected chi connectivity index (χ0v) is 22.5. The van der Waals surface area contributed by atoms with Gasteiger partial charge in [0.05, 0.1) is 12.7 Å². The normalized spacial score (nSPS) is 26.3. The first-order valence-electron chi connectivity index (χ1n) is 11.6. The number of benzene rings is 1. The molecule has 0 bridgehead atoms. The Balaban J connectivity index is 1.54. The molecule has 1 aromatic heterocycles. The molecule has 0 radical (unpaired) electrons. The number of hydrogen-bond donors (Lipinski definition) is 3. The van der Waals surface area contributed by atoms with Gasteiger partial charge >= 0.3 is 19.4 Å². The first kappa shape index (κ1) is 29.1. The molecule has 3 heterocycles. The van der Waals surface area contributed by atoms with Crippen LogP contribution in [0.1, 0.15) is 27.0 Å². The van der Waals surface area contributed by atoms with E-state index in [0.717, 1.165) is 12.3 Å². The molecular formula is C22H26ClFN3O11P. The number of aromatic nitrogens is 2.